The number of rotatable bonds is 3. The lowest BCUT2D eigenvalue weighted by Crippen LogP contribution is -2.43. The predicted octanol–water partition coefficient (Wildman–Crippen LogP) is 4.38. The van der Waals surface area contributed by atoms with Crippen molar-refractivity contribution in [1.82, 2.24) is 0 Å². The molecule has 142 valence electrons. The normalized spacial score (nSPS) is 13.8. The molecule has 1 aliphatic rings. The first kappa shape index (κ1) is 19.3. The van der Waals surface area contributed by atoms with Gasteiger partial charge in [-0.1, -0.05) is 23.2 Å². The number of carbonyl (C=O) groups excluding carboxylic acids is 2. The number of amides is 2. The lowest BCUT2D eigenvalue weighted by Gasteiger charge is -2.29. The molecule has 0 saturated heterocycles. The molecule has 27 heavy (non-hydrogen) atoms. The van der Waals surface area contributed by atoms with Crippen LogP contribution in [0.15, 0.2) is 36.4 Å². The molecular formula is C17H11Cl2F3N2O3. The van der Waals surface area contributed by atoms with Crippen molar-refractivity contribution in [3.8, 4) is 5.75 Å². The van der Waals surface area contributed by atoms with Gasteiger partial charge in [0, 0.05) is 11.1 Å². The number of anilines is 2. The highest BCUT2D eigenvalue weighted by Crippen LogP contribution is 2.35. The van der Waals surface area contributed by atoms with E-state index in [4.69, 9.17) is 27.9 Å². The zero-order valence-corrected chi connectivity index (χ0v) is 15.0. The average molecular weight is 419 g/mol. The highest BCUT2D eigenvalue weighted by Gasteiger charge is 2.32. The second-order valence-electron chi connectivity index (χ2n) is 5.62. The summed E-state index contributed by atoms with van der Waals surface area (Å²) in [4.78, 5) is 25.6. The van der Waals surface area contributed by atoms with Crippen LogP contribution in [-0.2, 0) is 15.8 Å². The van der Waals surface area contributed by atoms with Crippen LogP contribution in [0.3, 0.4) is 0 Å². The third-order valence-electron chi connectivity index (χ3n) is 3.73. The van der Waals surface area contributed by atoms with E-state index in [2.05, 4.69) is 5.32 Å². The minimum Gasteiger partial charge on any atom is -0.482 e. The highest BCUT2D eigenvalue weighted by atomic mass is 35.5. The summed E-state index contributed by atoms with van der Waals surface area (Å²) < 4.78 is 43.7. The van der Waals surface area contributed by atoms with Crippen molar-refractivity contribution in [3.05, 3.63) is 52.0 Å². The first-order chi connectivity index (χ1) is 12.6. The maximum absolute atomic E-state index is 12.8. The summed E-state index contributed by atoms with van der Waals surface area (Å²) in [6.07, 6.45) is -4.58. The lowest BCUT2D eigenvalue weighted by atomic mass is 10.2. The Labute approximate surface area is 161 Å². The maximum Gasteiger partial charge on any atom is 0.416 e. The van der Waals surface area contributed by atoms with Crippen LogP contribution in [0.2, 0.25) is 10.0 Å². The minimum atomic E-state index is -4.58. The largest absolute Gasteiger partial charge is 0.482 e. The van der Waals surface area contributed by atoms with E-state index in [1.165, 1.54) is 18.2 Å². The number of ether oxygens (including phenoxy) is 1. The van der Waals surface area contributed by atoms with Gasteiger partial charge in [-0.3, -0.25) is 14.5 Å². The Morgan fingerprint density at radius 1 is 1.19 bits per heavy atom. The molecule has 0 bridgehead atoms. The van der Waals surface area contributed by atoms with Gasteiger partial charge in [0.15, 0.2) is 6.61 Å². The van der Waals surface area contributed by atoms with E-state index in [0.29, 0.717) is 16.5 Å². The summed E-state index contributed by atoms with van der Waals surface area (Å²) in [5, 5.41) is 2.63. The van der Waals surface area contributed by atoms with Gasteiger partial charge in [-0.15, -0.1) is 0 Å². The molecule has 0 saturated carbocycles. The van der Waals surface area contributed by atoms with Crippen molar-refractivity contribution in [2.24, 2.45) is 0 Å². The Morgan fingerprint density at radius 3 is 2.63 bits per heavy atom. The van der Waals surface area contributed by atoms with E-state index in [1.807, 2.05) is 0 Å². The molecule has 0 aliphatic carbocycles. The molecule has 2 aromatic carbocycles. The topological polar surface area (TPSA) is 58.6 Å². The number of nitrogens with one attached hydrogen (secondary N) is 1. The number of alkyl halides is 3. The van der Waals surface area contributed by atoms with Gasteiger partial charge in [-0.05, 0) is 30.3 Å². The minimum absolute atomic E-state index is 0.0585. The molecule has 2 aromatic rings. The predicted molar refractivity (Wildman–Crippen MR) is 94.4 cm³/mol. The highest BCUT2D eigenvalue weighted by molar-refractivity contribution is 6.33. The van der Waals surface area contributed by atoms with Gasteiger partial charge < -0.3 is 10.1 Å². The van der Waals surface area contributed by atoms with E-state index in [9.17, 15) is 22.8 Å². The summed E-state index contributed by atoms with van der Waals surface area (Å²) in [6.45, 7) is -0.714. The van der Waals surface area contributed by atoms with Gasteiger partial charge in [-0.2, -0.15) is 13.2 Å². The maximum atomic E-state index is 12.8. The Hall–Kier alpha value is -2.45. The molecule has 0 spiro atoms. The molecule has 1 heterocycles. The fourth-order valence-electron chi connectivity index (χ4n) is 2.48. The smallest absolute Gasteiger partial charge is 0.416 e. The fraction of sp³-hybridized carbons (Fsp3) is 0.176. The van der Waals surface area contributed by atoms with Crippen molar-refractivity contribution in [1.29, 1.82) is 0 Å². The molecule has 2 amide bonds. The second-order valence-corrected chi connectivity index (χ2v) is 6.46. The summed E-state index contributed by atoms with van der Waals surface area (Å²) in [5.74, 6) is -0.866. The Kier molecular flexibility index (Phi) is 5.21. The van der Waals surface area contributed by atoms with Crippen molar-refractivity contribution in [2.75, 3.05) is 23.4 Å². The van der Waals surface area contributed by atoms with Crippen molar-refractivity contribution in [3.63, 3.8) is 0 Å². The third-order valence-corrected chi connectivity index (χ3v) is 4.30. The van der Waals surface area contributed by atoms with Crippen molar-refractivity contribution in [2.45, 2.75) is 6.18 Å². The van der Waals surface area contributed by atoms with Crippen LogP contribution >= 0.6 is 23.2 Å². The molecular weight excluding hydrogens is 408 g/mol. The zero-order valence-electron chi connectivity index (χ0n) is 13.4. The van der Waals surface area contributed by atoms with E-state index in [-0.39, 0.29) is 17.3 Å². The van der Waals surface area contributed by atoms with Crippen LogP contribution in [-0.4, -0.2) is 25.0 Å². The van der Waals surface area contributed by atoms with Gasteiger partial charge in [0.05, 0.1) is 22.0 Å². The van der Waals surface area contributed by atoms with Crippen LogP contribution in [0.25, 0.3) is 0 Å². The average Bonchev–Trinajstić information content (AvgIpc) is 2.58. The number of halogens is 5. The number of hydrogen-bond donors (Lipinski definition) is 1. The summed E-state index contributed by atoms with van der Waals surface area (Å²) >= 11 is 11.7. The molecule has 10 heteroatoms. The first-order valence-electron chi connectivity index (χ1n) is 7.54. The van der Waals surface area contributed by atoms with E-state index in [0.717, 1.165) is 23.1 Å². The standard InChI is InChI=1S/C17H11Cl2F3N2O3/c18-10-2-4-13-14(6-10)27-8-16(26)24(13)7-15(25)23-12-5-9(17(20,21)22)1-3-11(12)19/h1-6H,7-8H2,(H,23,25). The van der Waals surface area contributed by atoms with Gasteiger partial charge in [0.1, 0.15) is 12.3 Å². The van der Waals surface area contributed by atoms with Gasteiger partial charge in [0.2, 0.25) is 5.91 Å². The molecule has 0 radical (unpaired) electrons. The SMILES string of the molecule is O=C(CN1C(=O)COc2cc(Cl)ccc21)Nc1cc(C(F)(F)F)ccc1Cl. The van der Waals surface area contributed by atoms with Crippen LogP contribution in [0.4, 0.5) is 24.5 Å². The van der Waals surface area contributed by atoms with Crippen LogP contribution in [0.1, 0.15) is 5.56 Å². The number of benzene rings is 2. The first-order valence-corrected chi connectivity index (χ1v) is 8.30. The monoisotopic (exact) mass is 418 g/mol. The molecule has 0 atom stereocenters. The van der Waals surface area contributed by atoms with Crippen molar-refractivity contribution >= 4 is 46.4 Å². The number of hydrogen-bond acceptors (Lipinski definition) is 3. The fourth-order valence-corrected chi connectivity index (χ4v) is 2.81. The summed E-state index contributed by atoms with van der Waals surface area (Å²) in [6, 6.07) is 7.11. The molecule has 5 nitrogen and oxygen atoms in total. The van der Waals surface area contributed by atoms with E-state index >= 15 is 0 Å². The summed E-state index contributed by atoms with van der Waals surface area (Å²) in [7, 11) is 0. The van der Waals surface area contributed by atoms with Crippen LogP contribution < -0.4 is 15.0 Å². The van der Waals surface area contributed by atoms with Gasteiger partial charge >= 0.3 is 6.18 Å². The molecule has 0 aromatic heterocycles. The Balaban J connectivity index is 1.80. The van der Waals surface area contributed by atoms with Crippen LogP contribution in [0.5, 0.6) is 5.75 Å². The summed E-state index contributed by atoms with van der Waals surface area (Å²) in [5.41, 5.74) is -0.820. The molecule has 0 unspecified atom stereocenters. The van der Waals surface area contributed by atoms with Gasteiger partial charge in [-0.25, -0.2) is 0 Å². The van der Waals surface area contributed by atoms with E-state index in [1.54, 1.807) is 0 Å². The molecule has 0 fully saturated rings. The number of fused-ring (bicyclic) bond motifs is 1. The number of nitrogens with zero attached hydrogens (tertiary/aromatic N) is 1. The zero-order chi connectivity index (χ0) is 19.8. The van der Waals surface area contributed by atoms with Gasteiger partial charge in [0.25, 0.3) is 5.91 Å². The van der Waals surface area contributed by atoms with E-state index < -0.39 is 30.1 Å². The number of carbonyl (C=O) groups is 2. The third kappa shape index (κ3) is 4.28. The molecule has 1 aliphatic heterocycles. The Morgan fingerprint density at radius 2 is 1.93 bits per heavy atom. The van der Waals surface area contributed by atoms with Crippen molar-refractivity contribution < 1.29 is 27.5 Å². The molecule has 1 N–H and O–H groups in total. The molecule has 3 rings (SSSR count). The second kappa shape index (κ2) is 7.28. The lowest BCUT2D eigenvalue weighted by molar-refractivity contribution is -0.137. The van der Waals surface area contributed by atoms with Crippen LogP contribution in [0, 0.1) is 0 Å². The Bertz CT molecular complexity index is 919. The quantitative estimate of drug-likeness (QED) is 0.804.